The molecule has 0 amide bonds. The van der Waals surface area contributed by atoms with Crippen molar-refractivity contribution in [1.29, 1.82) is 0 Å². The molecule has 1 radical (unpaired) electrons. The molecule has 1 rings (SSSR count). The molecule has 0 unspecified atom stereocenters. The molecule has 0 fully saturated rings. The maximum Gasteiger partial charge on any atom is 0 e. The van der Waals surface area contributed by atoms with Gasteiger partial charge in [-0.15, -0.1) is 0 Å². The van der Waals surface area contributed by atoms with Crippen LogP contribution in [0.5, 0.6) is 0 Å². The zero-order valence-electron chi connectivity index (χ0n) is 4.96. The topological polar surface area (TPSA) is 0 Å². The van der Waals surface area contributed by atoms with Gasteiger partial charge < -0.3 is 0 Å². The molecule has 0 atom stereocenters. The minimum absolute atomic E-state index is 0. The maximum absolute atomic E-state index is 2.00. The van der Waals surface area contributed by atoms with Crippen LogP contribution in [0.2, 0.25) is 0 Å². The smallest absolute Gasteiger partial charge is 0 e. The number of hydrogen-bond acceptors (Lipinski definition) is 0. The van der Waals surface area contributed by atoms with Crippen molar-refractivity contribution in [2.75, 3.05) is 0 Å². The van der Waals surface area contributed by atoms with E-state index in [-0.39, 0.29) is 64.9 Å². The summed E-state index contributed by atoms with van der Waals surface area (Å²) in [6.45, 7) is 0. The quantitative estimate of drug-likeness (QED) is 0.492. The van der Waals surface area contributed by atoms with Crippen molar-refractivity contribution < 1.29 is 0 Å². The molecule has 0 aliphatic rings. The molecule has 0 saturated heterocycles. The molecule has 0 heterocycles. The summed E-state index contributed by atoms with van der Waals surface area (Å²) in [5, 5.41) is 0. The van der Waals surface area contributed by atoms with Crippen LogP contribution < -0.4 is 0 Å². The van der Waals surface area contributed by atoms with Crippen LogP contribution in [0.1, 0.15) is 0 Å². The molecule has 0 aromatic heterocycles. The molecule has 0 saturated carbocycles. The standard InChI is InChI=1S/C6H6.K.H2S/c1-2-4-6-5-3-1;;/h1-6H;;1H2. The van der Waals surface area contributed by atoms with Gasteiger partial charge in [-0.25, -0.2) is 0 Å². The molecule has 0 spiro atoms. The summed E-state index contributed by atoms with van der Waals surface area (Å²) in [5.41, 5.74) is 0. The fraction of sp³-hybridized carbons (Fsp3) is 0. The Labute approximate surface area is 99.5 Å². The van der Waals surface area contributed by atoms with Gasteiger partial charge in [0.05, 0.1) is 0 Å². The predicted octanol–water partition coefficient (Wildman–Crippen LogP) is 1.42. The monoisotopic (exact) mass is 151 g/mol. The molecule has 2 heteroatoms. The fourth-order valence-electron chi connectivity index (χ4n) is 0.385. The Balaban J connectivity index is 0. The molecular weight excluding hydrogens is 143 g/mol. The van der Waals surface area contributed by atoms with Crippen molar-refractivity contribution in [2.24, 2.45) is 0 Å². The van der Waals surface area contributed by atoms with Crippen molar-refractivity contribution in [3.8, 4) is 0 Å². The summed E-state index contributed by atoms with van der Waals surface area (Å²) in [5.74, 6) is 0. The van der Waals surface area contributed by atoms with Crippen LogP contribution >= 0.6 is 13.5 Å². The number of hydrogen-bond donors (Lipinski definition) is 0. The van der Waals surface area contributed by atoms with Crippen molar-refractivity contribution >= 4 is 64.9 Å². The Morgan fingerprint density at radius 1 is 0.500 bits per heavy atom. The first-order valence-corrected chi connectivity index (χ1v) is 2.00. The van der Waals surface area contributed by atoms with Crippen molar-refractivity contribution in [1.82, 2.24) is 0 Å². The second-order valence-corrected chi connectivity index (χ2v) is 1.15. The van der Waals surface area contributed by atoms with Crippen LogP contribution in [0.3, 0.4) is 0 Å². The third kappa shape index (κ3) is 5.35. The summed E-state index contributed by atoms with van der Waals surface area (Å²) in [6, 6.07) is 12.0. The zero-order valence-corrected chi connectivity index (χ0v) is 9.09. The van der Waals surface area contributed by atoms with E-state index in [0.29, 0.717) is 0 Å². The molecule has 1 aromatic carbocycles. The van der Waals surface area contributed by atoms with Gasteiger partial charge >= 0.3 is 0 Å². The summed E-state index contributed by atoms with van der Waals surface area (Å²) in [6.07, 6.45) is 0. The van der Waals surface area contributed by atoms with Crippen LogP contribution in [0.15, 0.2) is 36.4 Å². The SMILES string of the molecule is S.[K].c1ccccc1. The third-order valence-electron chi connectivity index (χ3n) is 0.667. The van der Waals surface area contributed by atoms with Crippen LogP contribution in [0.4, 0.5) is 0 Å². The first-order chi connectivity index (χ1) is 3.00. The second-order valence-electron chi connectivity index (χ2n) is 1.15. The Hall–Kier alpha value is 1.21. The molecule has 0 bridgehead atoms. The predicted molar refractivity (Wildman–Crippen MR) is 42.6 cm³/mol. The van der Waals surface area contributed by atoms with Crippen molar-refractivity contribution in [3.05, 3.63) is 36.4 Å². The molecule has 8 heavy (non-hydrogen) atoms. The summed E-state index contributed by atoms with van der Waals surface area (Å²) >= 11 is 0. The van der Waals surface area contributed by atoms with E-state index in [1.165, 1.54) is 0 Å². The van der Waals surface area contributed by atoms with Gasteiger partial charge in [-0.2, -0.15) is 13.5 Å². The average Bonchev–Trinajstić information content (AvgIpc) is 1.72. The minimum atomic E-state index is 0. The Kier molecular flexibility index (Phi) is 12.2. The zero-order chi connectivity index (χ0) is 4.24. The molecule has 0 aliphatic carbocycles. The molecule has 0 N–H and O–H groups in total. The molecular formula is C6H8KS. The first kappa shape index (κ1) is 11.9. The van der Waals surface area contributed by atoms with Crippen LogP contribution in [-0.4, -0.2) is 51.4 Å². The molecule has 0 aliphatic heterocycles. The van der Waals surface area contributed by atoms with E-state index in [1.54, 1.807) is 0 Å². The van der Waals surface area contributed by atoms with Crippen LogP contribution in [0, 0.1) is 0 Å². The molecule has 1 aromatic rings. The Morgan fingerprint density at radius 3 is 0.750 bits per heavy atom. The van der Waals surface area contributed by atoms with Crippen molar-refractivity contribution in [2.45, 2.75) is 0 Å². The second kappa shape index (κ2) is 8.21. The van der Waals surface area contributed by atoms with E-state index in [1.807, 2.05) is 36.4 Å². The third-order valence-corrected chi connectivity index (χ3v) is 0.667. The van der Waals surface area contributed by atoms with Gasteiger partial charge in [0, 0.05) is 51.4 Å². The average molecular weight is 151 g/mol. The van der Waals surface area contributed by atoms with Gasteiger partial charge in [-0.1, -0.05) is 36.4 Å². The van der Waals surface area contributed by atoms with Crippen LogP contribution in [-0.2, 0) is 0 Å². The van der Waals surface area contributed by atoms with E-state index in [2.05, 4.69) is 0 Å². The Morgan fingerprint density at radius 2 is 0.625 bits per heavy atom. The van der Waals surface area contributed by atoms with Gasteiger partial charge in [0.25, 0.3) is 0 Å². The first-order valence-electron chi connectivity index (χ1n) is 2.00. The van der Waals surface area contributed by atoms with E-state index in [0.717, 1.165) is 0 Å². The van der Waals surface area contributed by atoms with Gasteiger partial charge in [0.2, 0.25) is 0 Å². The maximum atomic E-state index is 2.00. The van der Waals surface area contributed by atoms with E-state index < -0.39 is 0 Å². The van der Waals surface area contributed by atoms with E-state index in [4.69, 9.17) is 0 Å². The Bertz CT molecular complexity index is 80.5. The van der Waals surface area contributed by atoms with E-state index >= 15 is 0 Å². The number of benzene rings is 1. The van der Waals surface area contributed by atoms with Crippen molar-refractivity contribution in [3.63, 3.8) is 0 Å². The summed E-state index contributed by atoms with van der Waals surface area (Å²) in [4.78, 5) is 0. The largest absolute Gasteiger partial charge is 0.197 e. The normalized spacial score (nSPS) is 6.00. The van der Waals surface area contributed by atoms with Gasteiger partial charge in [0.1, 0.15) is 0 Å². The van der Waals surface area contributed by atoms with Gasteiger partial charge in [-0.05, 0) is 0 Å². The van der Waals surface area contributed by atoms with Gasteiger partial charge in [-0.3, -0.25) is 0 Å². The van der Waals surface area contributed by atoms with Crippen LogP contribution in [0.25, 0.3) is 0 Å². The number of rotatable bonds is 0. The minimum Gasteiger partial charge on any atom is -0.197 e. The van der Waals surface area contributed by atoms with Gasteiger partial charge in [0.15, 0.2) is 0 Å². The molecule has 39 valence electrons. The fourth-order valence-corrected chi connectivity index (χ4v) is 0.385. The molecule has 0 nitrogen and oxygen atoms in total. The van der Waals surface area contributed by atoms with E-state index in [9.17, 15) is 0 Å². The summed E-state index contributed by atoms with van der Waals surface area (Å²) < 4.78 is 0. The summed E-state index contributed by atoms with van der Waals surface area (Å²) in [7, 11) is 0.